The lowest BCUT2D eigenvalue weighted by Gasteiger charge is -2.05. The first-order valence-corrected chi connectivity index (χ1v) is 7.87. The van der Waals surface area contributed by atoms with E-state index in [-0.39, 0.29) is 5.91 Å². The molecule has 1 amide bonds. The molecule has 0 aliphatic heterocycles. The van der Waals surface area contributed by atoms with Gasteiger partial charge < -0.3 is 9.73 Å². The van der Waals surface area contributed by atoms with E-state index < -0.39 is 0 Å². The number of hydrogen-bond donors (Lipinski definition) is 1. The molecule has 0 aliphatic rings. The smallest absolute Gasteiger partial charge is 0.220 e. The molecule has 118 valence electrons. The lowest BCUT2D eigenvalue weighted by molar-refractivity contribution is -0.121. The first-order chi connectivity index (χ1) is 11.2. The van der Waals surface area contributed by atoms with Gasteiger partial charge in [-0.15, -0.1) is 0 Å². The van der Waals surface area contributed by atoms with Gasteiger partial charge in [-0.25, -0.2) is 4.98 Å². The molecule has 3 rings (SSSR count). The van der Waals surface area contributed by atoms with Crippen LogP contribution in [0.3, 0.4) is 0 Å². The molecule has 2 aromatic carbocycles. The molecule has 0 saturated heterocycles. The molecule has 0 spiro atoms. The number of rotatable bonds is 6. The Morgan fingerprint density at radius 3 is 2.74 bits per heavy atom. The van der Waals surface area contributed by atoms with Crippen LogP contribution in [0.4, 0.5) is 0 Å². The number of amides is 1. The molecule has 0 unspecified atom stereocenters. The molecule has 0 bridgehead atoms. The van der Waals surface area contributed by atoms with Crippen molar-refractivity contribution in [3.8, 4) is 0 Å². The molecule has 3 aromatic rings. The third kappa shape index (κ3) is 4.19. The minimum Gasteiger partial charge on any atom is -0.441 e. The van der Waals surface area contributed by atoms with Crippen LogP contribution in [0.15, 0.2) is 52.9 Å². The van der Waals surface area contributed by atoms with Crippen LogP contribution < -0.4 is 5.32 Å². The Hall–Kier alpha value is -2.62. The highest BCUT2D eigenvalue weighted by molar-refractivity contribution is 5.76. The average molecular weight is 308 g/mol. The maximum Gasteiger partial charge on any atom is 0.220 e. The zero-order valence-electron chi connectivity index (χ0n) is 13.2. The van der Waals surface area contributed by atoms with Gasteiger partial charge in [0.15, 0.2) is 11.5 Å². The van der Waals surface area contributed by atoms with Crippen LogP contribution >= 0.6 is 0 Å². The van der Waals surface area contributed by atoms with Gasteiger partial charge in [-0.05, 0) is 36.1 Å². The number of hydrogen-bond acceptors (Lipinski definition) is 3. The Kier molecular flexibility index (Phi) is 4.71. The first kappa shape index (κ1) is 15.3. The molecular formula is C19H20N2O2. The largest absolute Gasteiger partial charge is 0.441 e. The first-order valence-electron chi connectivity index (χ1n) is 7.87. The van der Waals surface area contributed by atoms with Gasteiger partial charge in [0.05, 0.1) is 0 Å². The second-order valence-corrected chi connectivity index (χ2v) is 5.62. The highest BCUT2D eigenvalue weighted by Crippen LogP contribution is 2.16. The SMILES string of the molecule is Cc1nc2cc(CCNC(=O)CCc3ccccc3)ccc2o1. The van der Waals surface area contributed by atoms with Gasteiger partial charge in [0.25, 0.3) is 0 Å². The number of carbonyl (C=O) groups is 1. The van der Waals surface area contributed by atoms with Gasteiger partial charge in [0.1, 0.15) is 5.52 Å². The second kappa shape index (κ2) is 7.09. The third-order valence-corrected chi connectivity index (χ3v) is 3.78. The van der Waals surface area contributed by atoms with Crippen molar-refractivity contribution in [2.45, 2.75) is 26.2 Å². The maximum atomic E-state index is 11.9. The summed E-state index contributed by atoms with van der Waals surface area (Å²) in [5.74, 6) is 0.763. The minimum atomic E-state index is 0.0900. The predicted octanol–water partition coefficient (Wildman–Crippen LogP) is 3.43. The summed E-state index contributed by atoms with van der Waals surface area (Å²) in [7, 11) is 0. The van der Waals surface area contributed by atoms with Crippen molar-refractivity contribution in [3.05, 3.63) is 65.5 Å². The summed E-state index contributed by atoms with van der Waals surface area (Å²) in [5.41, 5.74) is 4.01. The number of fused-ring (bicyclic) bond motifs is 1. The molecule has 4 heteroatoms. The van der Waals surface area contributed by atoms with E-state index in [2.05, 4.69) is 10.3 Å². The summed E-state index contributed by atoms with van der Waals surface area (Å²) in [6.07, 6.45) is 2.08. The van der Waals surface area contributed by atoms with Gasteiger partial charge in [-0.2, -0.15) is 0 Å². The van der Waals surface area contributed by atoms with Gasteiger partial charge in [0, 0.05) is 19.9 Å². The van der Waals surface area contributed by atoms with Gasteiger partial charge in [0.2, 0.25) is 5.91 Å². The second-order valence-electron chi connectivity index (χ2n) is 5.62. The van der Waals surface area contributed by atoms with Crippen LogP contribution in [-0.4, -0.2) is 17.4 Å². The fraction of sp³-hybridized carbons (Fsp3) is 0.263. The molecule has 1 heterocycles. The lowest BCUT2D eigenvalue weighted by atomic mass is 10.1. The Morgan fingerprint density at radius 2 is 1.91 bits per heavy atom. The molecule has 0 saturated carbocycles. The molecule has 0 atom stereocenters. The summed E-state index contributed by atoms with van der Waals surface area (Å²) in [5, 5.41) is 2.97. The van der Waals surface area contributed by atoms with Crippen LogP contribution in [0.2, 0.25) is 0 Å². The van der Waals surface area contributed by atoms with Crippen molar-refractivity contribution >= 4 is 17.0 Å². The molecule has 0 radical (unpaired) electrons. The van der Waals surface area contributed by atoms with E-state index in [0.717, 1.165) is 29.5 Å². The molecule has 4 nitrogen and oxygen atoms in total. The normalized spacial score (nSPS) is 10.8. The average Bonchev–Trinajstić information content (AvgIpc) is 2.93. The van der Waals surface area contributed by atoms with Crippen molar-refractivity contribution < 1.29 is 9.21 Å². The number of carbonyl (C=O) groups excluding carboxylic acids is 1. The van der Waals surface area contributed by atoms with E-state index in [9.17, 15) is 4.79 Å². The van der Waals surface area contributed by atoms with Crippen LogP contribution in [0.5, 0.6) is 0 Å². The molecule has 0 aliphatic carbocycles. The number of benzene rings is 2. The van der Waals surface area contributed by atoms with E-state index in [1.165, 1.54) is 5.56 Å². The number of nitrogens with one attached hydrogen (secondary N) is 1. The molecule has 1 N–H and O–H groups in total. The predicted molar refractivity (Wildman–Crippen MR) is 90.2 cm³/mol. The zero-order chi connectivity index (χ0) is 16.1. The van der Waals surface area contributed by atoms with E-state index in [1.807, 2.05) is 55.5 Å². The quantitative estimate of drug-likeness (QED) is 0.759. The number of aryl methyl sites for hydroxylation is 2. The fourth-order valence-electron chi connectivity index (χ4n) is 2.58. The van der Waals surface area contributed by atoms with Gasteiger partial charge in [-0.3, -0.25) is 4.79 Å². The molecule has 23 heavy (non-hydrogen) atoms. The summed E-state index contributed by atoms with van der Waals surface area (Å²) in [6.45, 7) is 2.47. The van der Waals surface area contributed by atoms with Gasteiger partial charge in [-0.1, -0.05) is 36.4 Å². The monoisotopic (exact) mass is 308 g/mol. The summed E-state index contributed by atoms with van der Waals surface area (Å²) in [6, 6.07) is 16.0. The summed E-state index contributed by atoms with van der Waals surface area (Å²) < 4.78 is 5.46. The Bertz CT molecular complexity index is 793. The Balaban J connectivity index is 1.45. The number of aromatic nitrogens is 1. The fourth-order valence-corrected chi connectivity index (χ4v) is 2.58. The van der Waals surface area contributed by atoms with Crippen molar-refractivity contribution in [2.75, 3.05) is 6.54 Å². The van der Waals surface area contributed by atoms with E-state index in [1.54, 1.807) is 0 Å². The lowest BCUT2D eigenvalue weighted by Crippen LogP contribution is -2.25. The van der Waals surface area contributed by atoms with Crippen LogP contribution in [-0.2, 0) is 17.6 Å². The van der Waals surface area contributed by atoms with E-state index in [4.69, 9.17) is 4.42 Å². The molecule has 0 fully saturated rings. The third-order valence-electron chi connectivity index (χ3n) is 3.78. The van der Waals surface area contributed by atoms with Crippen molar-refractivity contribution in [2.24, 2.45) is 0 Å². The number of nitrogens with zero attached hydrogens (tertiary/aromatic N) is 1. The van der Waals surface area contributed by atoms with Gasteiger partial charge >= 0.3 is 0 Å². The van der Waals surface area contributed by atoms with Crippen molar-refractivity contribution in [1.82, 2.24) is 10.3 Å². The summed E-state index contributed by atoms with van der Waals surface area (Å²) in [4.78, 5) is 16.2. The van der Waals surface area contributed by atoms with Crippen LogP contribution in [0.1, 0.15) is 23.4 Å². The van der Waals surface area contributed by atoms with Crippen molar-refractivity contribution in [3.63, 3.8) is 0 Å². The summed E-state index contributed by atoms with van der Waals surface area (Å²) >= 11 is 0. The molecular weight excluding hydrogens is 288 g/mol. The number of oxazole rings is 1. The standard InChI is InChI=1S/C19H20N2O2/c1-14-21-17-13-16(7-9-18(17)23-14)11-12-20-19(22)10-8-15-5-3-2-4-6-15/h2-7,9,13H,8,10-12H2,1H3,(H,20,22). The minimum absolute atomic E-state index is 0.0900. The Labute approximate surface area is 135 Å². The van der Waals surface area contributed by atoms with E-state index in [0.29, 0.717) is 18.9 Å². The van der Waals surface area contributed by atoms with Crippen LogP contribution in [0.25, 0.3) is 11.1 Å². The zero-order valence-corrected chi connectivity index (χ0v) is 13.2. The highest BCUT2D eigenvalue weighted by atomic mass is 16.3. The topological polar surface area (TPSA) is 55.1 Å². The Morgan fingerprint density at radius 1 is 1.09 bits per heavy atom. The maximum absolute atomic E-state index is 11.9. The van der Waals surface area contributed by atoms with Crippen LogP contribution in [0, 0.1) is 6.92 Å². The highest BCUT2D eigenvalue weighted by Gasteiger charge is 2.05. The van der Waals surface area contributed by atoms with Crippen molar-refractivity contribution in [1.29, 1.82) is 0 Å². The van der Waals surface area contributed by atoms with E-state index >= 15 is 0 Å². The molecule has 1 aromatic heterocycles.